The van der Waals surface area contributed by atoms with Gasteiger partial charge >= 0.3 is 0 Å². The molecule has 0 radical (unpaired) electrons. The van der Waals surface area contributed by atoms with Crippen LogP contribution in [-0.4, -0.2) is 57.0 Å². The molecule has 1 aliphatic heterocycles. The maximum atomic E-state index is 13.5. The third-order valence-corrected chi connectivity index (χ3v) is 9.79. The summed E-state index contributed by atoms with van der Waals surface area (Å²) < 4.78 is 55.7. The van der Waals surface area contributed by atoms with Crippen LogP contribution in [0.2, 0.25) is 0 Å². The van der Waals surface area contributed by atoms with Crippen LogP contribution in [-0.2, 0) is 24.8 Å². The highest BCUT2D eigenvalue weighted by Crippen LogP contribution is 2.26. The first kappa shape index (κ1) is 25.1. The largest absolute Gasteiger partial charge is 0.348 e. The molecule has 0 bridgehead atoms. The van der Waals surface area contributed by atoms with Gasteiger partial charge in [0.1, 0.15) is 6.04 Å². The third-order valence-electron chi connectivity index (χ3n) is 5.99. The molecule has 184 valence electrons. The quantitative estimate of drug-likeness (QED) is 0.523. The molecule has 4 rings (SSSR count). The van der Waals surface area contributed by atoms with Crippen LogP contribution in [0.25, 0.3) is 0 Å². The predicted molar refractivity (Wildman–Crippen MR) is 132 cm³/mol. The molecule has 1 N–H and O–H groups in total. The molecule has 1 amide bonds. The van der Waals surface area contributed by atoms with E-state index < -0.39 is 38.0 Å². The average molecular weight is 514 g/mol. The summed E-state index contributed by atoms with van der Waals surface area (Å²) in [5.74, 6) is -0.561. The summed E-state index contributed by atoms with van der Waals surface area (Å²) in [5.41, 5.74) is 0.850. The number of hydrogen-bond acceptors (Lipinski definition) is 5. The summed E-state index contributed by atoms with van der Waals surface area (Å²) >= 11 is 0. The number of carbonyl (C=O) groups is 1. The van der Waals surface area contributed by atoms with Crippen LogP contribution in [0.1, 0.15) is 18.5 Å². The second-order valence-corrected chi connectivity index (χ2v) is 12.1. The molecule has 1 aliphatic rings. The Labute approximate surface area is 206 Å². The zero-order valence-electron chi connectivity index (χ0n) is 19.2. The molecule has 1 heterocycles. The van der Waals surface area contributed by atoms with Crippen LogP contribution < -0.4 is 5.32 Å². The van der Waals surface area contributed by atoms with Gasteiger partial charge < -0.3 is 5.32 Å². The lowest BCUT2D eigenvalue weighted by molar-refractivity contribution is -0.126. The Morgan fingerprint density at radius 1 is 0.771 bits per heavy atom. The van der Waals surface area contributed by atoms with Crippen molar-refractivity contribution in [2.45, 2.75) is 28.8 Å². The molecule has 10 heteroatoms. The SMILES string of the molecule is CC(NC(=O)C1CN(S(=O)(=O)c2ccccc2)CCN1S(=O)(=O)c1ccccc1)c1ccccc1. The van der Waals surface area contributed by atoms with Crippen molar-refractivity contribution in [3.8, 4) is 0 Å². The monoisotopic (exact) mass is 513 g/mol. The van der Waals surface area contributed by atoms with Gasteiger partial charge in [-0.3, -0.25) is 4.79 Å². The van der Waals surface area contributed by atoms with E-state index in [0.29, 0.717) is 0 Å². The van der Waals surface area contributed by atoms with Gasteiger partial charge in [-0.1, -0.05) is 66.7 Å². The van der Waals surface area contributed by atoms with E-state index in [2.05, 4.69) is 5.32 Å². The molecule has 1 saturated heterocycles. The molecule has 8 nitrogen and oxygen atoms in total. The Morgan fingerprint density at radius 3 is 1.80 bits per heavy atom. The normalized spacial score (nSPS) is 18.6. The van der Waals surface area contributed by atoms with Crippen molar-refractivity contribution in [2.24, 2.45) is 0 Å². The summed E-state index contributed by atoms with van der Waals surface area (Å²) in [7, 11) is -7.95. The van der Waals surface area contributed by atoms with Gasteiger partial charge in [-0.15, -0.1) is 0 Å². The van der Waals surface area contributed by atoms with Gasteiger partial charge in [-0.2, -0.15) is 8.61 Å². The van der Waals surface area contributed by atoms with Crippen molar-refractivity contribution in [1.82, 2.24) is 13.9 Å². The van der Waals surface area contributed by atoms with E-state index >= 15 is 0 Å². The lowest BCUT2D eigenvalue weighted by Crippen LogP contribution is -2.61. The number of nitrogens with one attached hydrogen (secondary N) is 1. The molecule has 0 aromatic heterocycles. The van der Waals surface area contributed by atoms with Crippen LogP contribution >= 0.6 is 0 Å². The number of hydrogen-bond donors (Lipinski definition) is 1. The first-order valence-electron chi connectivity index (χ1n) is 11.2. The summed E-state index contributed by atoms with van der Waals surface area (Å²) in [6.45, 7) is 1.28. The van der Waals surface area contributed by atoms with E-state index in [1.807, 2.05) is 30.3 Å². The van der Waals surface area contributed by atoms with E-state index in [4.69, 9.17) is 0 Å². The summed E-state index contributed by atoms with van der Waals surface area (Å²) in [6.07, 6.45) is 0. The first-order valence-corrected chi connectivity index (χ1v) is 14.1. The average Bonchev–Trinajstić information content (AvgIpc) is 2.89. The fraction of sp³-hybridized carbons (Fsp3) is 0.240. The van der Waals surface area contributed by atoms with Crippen LogP contribution in [0.4, 0.5) is 0 Å². The summed E-state index contributed by atoms with van der Waals surface area (Å²) in [6, 6.07) is 23.4. The number of piperazine rings is 1. The van der Waals surface area contributed by atoms with Gasteiger partial charge in [0.25, 0.3) is 0 Å². The minimum Gasteiger partial charge on any atom is -0.348 e. The predicted octanol–water partition coefficient (Wildman–Crippen LogP) is 2.63. The Bertz CT molecular complexity index is 1370. The van der Waals surface area contributed by atoms with Crippen LogP contribution in [0, 0.1) is 0 Å². The number of sulfonamides is 2. The van der Waals surface area contributed by atoms with Crippen molar-refractivity contribution in [3.05, 3.63) is 96.6 Å². The van der Waals surface area contributed by atoms with Gasteiger partial charge in [0.05, 0.1) is 15.8 Å². The highest BCUT2D eigenvalue weighted by molar-refractivity contribution is 7.89. The second-order valence-electron chi connectivity index (χ2n) is 8.26. The topological polar surface area (TPSA) is 104 Å². The van der Waals surface area contributed by atoms with Crippen molar-refractivity contribution >= 4 is 26.0 Å². The fourth-order valence-corrected chi connectivity index (χ4v) is 7.11. The molecule has 1 fully saturated rings. The van der Waals surface area contributed by atoms with Crippen LogP contribution in [0.15, 0.2) is 101 Å². The van der Waals surface area contributed by atoms with E-state index in [9.17, 15) is 21.6 Å². The van der Waals surface area contributed by atoms with Crippen LogP contribution in [0.3, 0.4) is 0 Å². The molecule has 0 saturated carbocycles. The standard InChI is InChI=1S/C25H27N3O5S2/c1-20(21-11-5-2-6-12-21)26-25(29)24-19-27(34(30,31)22-13-7-3-8-14-22)17-18-28(24)35(32,33)23-15-9-4-10-16-23/h2-16,20,24H,17-19H2,1H3,(H,26,29). The van der Waals surface area contributed by atoms with Crippen LogP contribution in [0.5, 0.6) is 0 Å². The first-order chi connectivity index (χ1) is 16.7. The number of amides is 1. The highest BCUT2D eigenvalue weighted by Gasteiger charge is 2.43. The van der Waals surface area contributed by atoms with Crippen molar-refractivity contribution in [2.75, 3.05) is 19.6 Å². The molecule has 2 unspecified atom stereocenters. The lowest BCUT2D eigenvalue weighted by Gasteiger charge is -2.39. The van der Waals surface area contributed by atoms with Gasteiger partial charge in [0, 0.05) is 19.6 Å². The Hall–Kier alpha value is -3.05. The lowest BCUT2D eigenvalue weighted by atomic mass is 10.1. The Balaban J connectivity index is 1.66. The van der Waals surface area contributed by atoms with E-state index in [-0.39, 0.29) is 29.4 Å². The molecule has 0 aliphatic carbocycles. The van der Waals surface area contributed by atoms with Crippen molar-refractivity contribution in [1.29, 1.82) is 0 Å². The van der Waals surface area contributed by atoms with Gasteiger partial charge in [-0.05, 0) is 36.8 Å². The number of benzene rings is 3. The molecule has 3 aromatic carbocycles. The van der Waals surface area contributed by atoms with Crippen molar-refractivity contribution < 1.29 is 21.6 Å². The molecule has 3 aromatic rings. The van der Waals surface area contributed by atoms with Crippen molar-refractivity contribution in [3.63, 3.8) is 0 Å². The van der Waals surface area contributed by atoms with E-state index in [0.717, 1.165) is 9.87 Å². The molecule has 2 atom stereocenters. The number of carbonyl (C=O) groups excluding carboxylic acids is 1. The zero-order valence-corrected chi connectivity index (χ0v) is 20.8. The number of rotatable bonds is 7. The smallest absolute Gasteiger partial charge is 0.243 e. The summed E-state index contributed by atoms with van der Waals surface area (Å²) in [4.78, 5) is 13.6. The third kappa shape index (κ3) is 5.30. The minimum absolute atomic E-state index is 0.0493. The molecule has 0 spiro atoms. The fourth-order valence-electron chi connectivity index (χ4n) is 4.06. The van der Waals surface area contributed by atoms with E-state index in [1.54, 1.807) is 43.3 Å². The maximum absolute atomic E-state index is 13.5. The Kier molecular flexibility index (Phi) is 7.36. The van der Waals surface area contributed by atoms with Gasteiger partial charge in [0.2, 0.25) is 26.0 Å². The van der Waals surface area contributed by atoms with E-state index in [1.165, 1.54) is 28.6 Å². The van der Waals surface area contributed by atoms with Gasteiger partial charge in [0.15, 0.2) is 0 Å². The maximum Gasteiger partial charge on any atom is 0.243 e. The molecule has 35 heavy (non-hydrogen) atoms. The molecular weight excluding hydrogens is 486 g/mol. The number of nitrogens with zero attached hydrogens (tertiary/aromatic N) is 2. The zero-order chi connectivity index (χ0) is 25.1. The molecular formula is C25H27N3O5S2. The highest BCUT2D eigenvalue weighted by atomic mass is 32.2. The Morgan fingerprint density at radius 2 is 1.26 bits per heavy atom. The minimum atomic E-state index is -4.04. The van der Waals surface area contributed by atoms with Gasteiger partial charge in [-0.25, -0.2) is 16.8 Å². The second kappa shape index (κ2) is 10.3. The summed E-state index contributed by atoms with van der Waals surface area (Å²) in [5, 5.41) is 2.86.